The molecule has 0 aliphatic heterocycles. The van der Waals surface area contributed by atoms with E-state index in [9.17, 15) is 0 Å². The summed E-state index contributed by atoms with van der Waals surface area (Å²) >= 11 is 5.73. The lowest BCUT2D eigenvalue weighted by molar-refractivity contribution is 1.17. The summed E-state index contributed by atoms with van der Waals surface area (Å²) in [6, 6.07) is 9.35. The van der Waals surface area contributed by atoms with Gasteiger partial charge in [0.1, 0.15) is 0 Å². The van der Waals surface area contributed by atoms with Crippen molar-refractivity contribution < 1.29 is 0 Å². The summed E-state index contributed by atoms with van der Waals surface area (Å²) in [6.07, 6.45) is 1.61. The number of nitrogens with zero attached hydrogens (tertiary/aromatic N) is 3. The van der Waals surface area contributed by atoms with Crippen LogP contribution in [-0.2, 0) is 0 Å². The van der Waals surface area contributed by atoms with Crippen LogP contribution in [0.4, 0.5) is 0 Å². The maximum atomic E-state index is 8.77. The van der Waals surface area contributed by atoms with E-state index in [-0.39, 0.29) is 5.28 Å². The minimum atomic E-state index is 0.223. The Morgan fingerprint density at radius 3 is 2.75 bits per heavy atom. The molecule has 0 bridgehead atoms. The van der Waals surface area contributed by atoms with E-state index < -0.39 is 0 Å². The van der Waals surface area contributed by atoms with Gasteiger partial charge < -0.3 is 0 Å². The monoisotopic (exact) mass is 229 g/mol. The first-order chi connectivity index (χ1) is 7.70. The maximum Gasteiger partial charge on any atom is 0.222 e. The van der Waals surface area contributed by atoms with E-state index in [2.05, 4.69) is 16.0 Å². The summed E-state index contributed by atoms with van der Waals surface area (Å²) in [4.78, 5) is 7.96. The van der Waals surface area contributed by atoms with Crippen molar-refractivity contribution in [1.82, 2.24) is 9.97 Å². The van der Waals surface area contributed by atoms with Crippen molar-refractivity contribution in [3.05, 3.63) is 46.9 Å². The smallest absolute Gasteiger partial charge is 0.222 e. The van der Waals surface area contributed by atoms with Crippen molar-refractivity contribution in [2.24, 2.45) is 0 Å². The third-order valence-corrected chi connectivity index (χ3v) is 2.44. The molecule has 0 aliphatic carbocycles. The minimum Gasteiger partial charge on any atom is -0.226 e. The number of hydrogen-bond donors (Lipinski definition) is 0. The summed E-state index contributed by atoms with van der Waals surface area (Å²) in [5.74, 6) is 0. The summed E-state index contributed by atoms with van der Waals surface area (Å²) < 4.78 is 0. The van der Waals surface area contributed by atoms with Crippen LogP contribution in [0, 0.1) is 18.3 Å². The maximum absolute atomic E-state index is 8.77. The van der Waals surface area contributed by atoms with E-state index in [0.29, 0.717) is 5.56 Å². The number of aromatic nitrogens is 2. The molecule has 2 rings (SSSR count). The predicted octanol–water partition coefficient (Wildman–Crippen LogP) is 2.98. The fourth-order valence-corrected chi connectivity index (χ4v) is 1.65. The molecule has 0 aliphatic rings. The van der Waals surface area contributed by atoms with E-state index in [1.54, 1.807) is 18.3 Å². The Balaban J connectivity index is 2.53. The predicted molar refractivity (Wildman–Crippen MR) is 61.9 cm³/mol. The Hall–Kier alpha value is -1.92. The van der Waals surface area contributed by atoms with E-state index in [1.165, 1.54) is 0 Å². The first-order valence-electron chi connectivity index (χ1n) is 4.70. The van der Waals surface area contributed by atoms with Crippen LogP contribution in [0.25, 0.3) is 11.3 Å². The molecule has 0 spiro atoms. The van der Waals surface area contributed by atoms with Crippen molar-refractivity contribution in [2.45, 2.75) is 6.92 Å². The summed E-state index contributed by atoms with van der Waals surface area (Å²) in [5, 5.41) is 8.99. The van der Waals surface area contributed by atoms with Gasteiger partial charge >= 0.3 is 0 Å². The molecule has 0 saturated carbocycles. The molecule has 1 aromatic carbocycles. The molecule has 0 radical (unpaired) electrons. The summed E-state index contributed by atoms with van der Waals surface area (Å²) in [7, 11) is 0. The molecule has 0 fully saturated rings. The third kappa shape index (κ3) is 2.02. The van der Waals surface area contributed by atoms with E-state index in [4.69, 9.17) is 16.9 Å². The highest BCUT2D eigenvalue weighted by atomic mass is 35.5. The normalized spacial score (nSPS) is 9.81. The lowest BCUT2D eigenvalue weighted by Gasteiger charge is -2.05. The highest BCUT2D eigenvalue weighted by Crippen LogP contribution is 2.22. The van der Waals surface area contributed by atoms with Crippen LogP contribution in [0.2, 0.25) is 5.28 Å². The Labute approximate surface area is 98.4 Å². The Morgan fingerprint density at radius 2 is 2.12 bits per heavy atom. The van der Waals surface area contributed by atoms with Gasteiger partial charge in [-0.05, 0) is 42.3 Å². The lowest BCUT2D eigenvalue weighted by Crippen LogP contribution is -1.90. The molecule has 0 amide bonds. The van der Waals surface area contributed by atoms with Crippen molar-refractivity contribution in [3.63, 3.8) is 0 Å². The fraction of sp³-hybridized carbons (Fsp3) is 0.0833. The van der Waals surface area contributed by atoms with Gasteiger partial charge in [-0.25, -0.2) is 9.97 Å². The van der Waals surface area contributed by atoms with Crippen LogP contribution in [0.5, 0.6) is 0 Å². The summed E-state index contributed by atoms with van der Waals surface area (Å²) in [5.41, 5.74) is 3.36. The molecular weight excluding hydrogens is 222 g/mol. The molecule has 0 atom stereocenters. The molecule has 16 heavy (non-hydrogen) atoms. The fourth-order valence-electron chi connectivity index (χ4n) is 1.51. The van der Waals surface area contributed by atoms with Gasteiger partial charge in [0.2, 0.25) is 5.28 Å². The second kappa shape index (κ2) is 4.30. The van der Waals surface area contributed by atoms with Crippen LogP contribution < -0.4 is 0 Å². The van der Waals surface area contributed by atoms with Crippen LogP contribution in [-0.4, -0.2) is 9.97 Å². The second-order valence-corrected chi connectivity index (χ2v) is 3.69. The van der Waals surface area contributed by atoms with Crippen LogP contribution in [0.3, 0.4) is 0 Å². The minimum absolute atomic E-state index is 0.223. The Morgan fingerprint density at radius 1 is 1.31 bits per heavy atom. The third-order valence-electron chi connectivity index (χ3n) is 2.26. The van der Waals surface area contributed by atoms with Crippen LogP contribution >= 0.6 is 11.6 Å². The van der Waals surface area contributed by atoms with E-state index in [0.717, 1.165) is 16.8 Å². The second-order valence-electron chi connectivity index (χ2n) is 3.35. The van der Waals surface area contributed by atoms with Crippen molar-refractivity contribution in [2.75, 3.05) is 0 Å². The average molecular weight is 230 g/mol. The molecule has 0 saturated heterocycles. The molecule has 1 aromatic heterocycles. The lowest BCUT2D eigenvalue weighted by atomic mass is 10.0. The van der Waals surface area contributed by atoms with Crippen molar-refractivity contribution in [3.8, 4) is 17.3 Å². The first-order valence-corrected chi connectivity index (χ1v) is 5.08. The van der Waals surface area contributed by atoms with E-state index >= 15 is 0 Å². The van der Waals surface area contributed by atoms with Crippen LogP contribution in [0.15, 0.2) is 30.5 Å². The van der Waals surface area contributed by atoms with Gasteiger partial charge in [-0.3, -0.25) is 0 Å². The number of aryl methyl sites for hydroxylation is 1. The van der Waals surface area contributed by atoms with Crippen molar-refractivity contribution in [1.29, 1.82) is 5.26 Å². The van der Waals surface area contributed by atoms with Gasteiger partial charge in [0.15, 0.2) is 0 Å². The zero-order chi connectivity index (χ0) is 11.5. The molecule has 3 nitrogen and oxygen atoms in total. The SMILES string of the molecule is Cc1cc(C#N)ccc1-c1ccnc(Cl)n1. The number of hydrogen-bond acceptors (Lipinski definition) is 3. The average Bonchev–Trinajstić information content (AvgIpc) is 2.28. The molecule has 0 N–H and O–H groups in total. The number of rotatable bonds is 1. The molecule has 78 valence electrons. The topological polar surface area (TPSA) is 49.6 Å². The standard InChI is InChI=1S/C12H8ClN3/c1-8-6-9(7-14)2-3-10(8)11-4-5-15-12(13)16-11/h2-6H,1H3. The largest absolute Gasteiger partial charge is 0.226 e. The van der Waals surface area contributed by atoms with Gasteiger partial charge in [-0.2, -0.15) is 5.26 Å². The quantitative estimate of drug-likeness (QED) is 0.707. The van der Waals surface area contributed by atoms with Gasteiger partial charge in [-0.15, -0.1) is 0 Å². The number of benzene rings is 1. The number of halogens is 1. The molecule has 2 aromatic rings. The van der Waals surface area contributed by atoms with Gasteiger partial charge in [0.05, 0.1) is 17.3 Å². The van der Waals surface area contributed by atoms with Gasteiger partial charge in [-0.1, -0.05) is 6.07 Å². The zero-order valence-corrected chi connectivity index (χ0v) is 9.36. The van der Waals surface area contributed by atoms with Crippen LogP contribution in [0.1, 0.15) is 11.1 Å². The molecule has 1 heterocycles. The molecular formula is C12H8ClN3. The van der Waals surface area contributed by atoms with Gasteiger partial charge in [0, 0.05) is 11.8 Å². The Bertz CT molecular complexity index is 573. The number of nitriles is 1. The first kappa shape index (κ1) is 10.6. The molecule has 4 heteroatoms. The van der Waals surface area contributed by atoms with Crippen molar-refractivity contribution >= 4 is 11.6 Å². The van der Waals surface area contributed by atoms with E-state index in [1.807, 2.05) is 19.1 Å². The highest BCUT2D eigenvalue weighted by molar-refractivity contribution is 6.28. The Kier molecular flexibility index (Phi) is 2.84. The van der Waals surface area contributed by atoms with Gasteiger partial charge in [0.25, 0.3) is 0 Å². The summed E-state index contributed by atoms with van der Waals surface area (Å²) in [6.45, 7) is 1.94. The highest BCUT2D eigenvalue weighted by Gasteiger charge is 2.05. The zero-order valence-electron chi connectivity index (χ0n) is 8.61. The molecule has 0 unspecified atom stereocenters.